The Bertz CT molecular complexity index is 958. The molecule has 0 spiro atoms. The summed E-state index contributed by atoms with van der Waals surface area (Å²) in [5.41, 5.74) is -0.227. The molecular formula is C22H26F2N4O3. The van der Waals surface area contributed by atoms with Crippen LogP contribution < -0.4 is 15.0 Å². The molecule has 1 aromatic carbocycles. The van der Waals surface area contributed by atoms with Gasteiger partial charge in [0.25, 0.3) is 5.91 Å². The van der Waals surface area contributed by atoms with Crippen molar-refractivity contribution in [2.45, 2.75) is 44.8 Å². The van der Waals surface area contributed by atoms with Crippen LogP contribution in [0.5, 0.6) is 5.75 Å². The topological polar surface area (TPSA) is 76.6 Å². The van der Waals surface area contributed by atoms with Crippen molar-refractivity contribution in [3.05, 3.63) is 41.9 Å². The van der Waals surface area contributed by atoms with E-state index in [4.69, 9.17) is 9.47 Å². The van der Waals surface area contributed by atoms with Gasteiger partial charge in [0.05, 0.1) is 37.2 Å². The van der Waals surface area contributed by atoms with Crippen LogP contribution in [0.1, 0.15) is 43.6 Å². The number of aromatic nitrogens is 2. The second-order valence-corrected chi connectivity index (χ2v) is 8.65. The Kier molecular flexibility index (Phi) is 5.79. The number of methoxy groups -OCH3 is 1. The fraction of sp³-hybridized carbons (Fsp3) is 0.500. The molecular weight excluding hydrogens is 406 g/mol. The van der Waals surface area contributed by atoms with Gasteiger partial charge in [0, 0.05) is 24.9 Å². The summed E-state index contributed by atoms with van der Waals surface area (Å²) in [5.74, 6) is -1.71. The summed E-state index contributed by atoms with van der Waals surface area (Å²) in [6.07, 6.45) is 5.19. The maximum absolute atomic E-state index is 14.5. The van der Waals surface area contributed by atoms with Crippen molar-refractivity contribution < 1.29 is 23.0 Å². The lowest BCUT2D eigenvalue weighted by Crippen LogP contribution is -2.61. The second-order valence-electron chi connectivity index (χ2n) is 8.65. The predicted molar refractivity (Wildman–Crippen MR) is 111 cm³/mol. The van der Waals surface area contributed by atoms with Gasteiger partial charge >= 0.3 is 0 Å². The van der Waals surface area contributed by atoms with Gasteiger partial charge in [-0.15, -0.1) is 0 Å². The molecule has 1 amide bonds. The van der Waals surface area contributed by atoms with E-state index in [-0.39, 0.29) is 23.1 Å². The molecule has 2 unspecified atom stereocenters. The maximum atomic E-state index is 14.5. The van der Waals surface area contributed by atoms with E-state index >= 15 is 0 Å². The third-order valence-corrected chi connectivity index (χ3v) is 5.91. The molecule has 1 saturated carbocycles. The minimum Gasteiger partial charge on any atom is -0.484 e. The summed E-state index contributed by atoms with van der Waals surface area (Å²) in [4.78, 5) is 22.9. The first-order valence-electron chi connectivity index (χ1n) is 10.4. The van der Waals surface area contributed by atoms with E-state index in [0.717, 1.165) is 31.4 Å². The van der Waals surface area contributed by atoms with Crippen LogP contribution in [-0.4, -0.2) is 47.8 Å². The Morgan fingerprint density at radius 2 is 1.94 bits per heavy atom. The lowest BCUT2D eigenvalue weighted by Gasteiger charge is -2.47. The molecule has 7 nitrogen and oxygen atoms in total. The lowest BCUT2D eigenvalue weighted by atomic mass is 9.97. The quantitative estimate of drug-likeness (QED) is 0.748. The predicted octanol–water partition coefficient (Wildman–Crippen LogP) is 3.80. The van der Waals surface area contributed by atoms with Crippen LogP contribution in [0, 0.1) is 17.6 Å². The van der Waals surface area contributed by atoms with Crippen LogP contribution >= 0.6 is 0 Å². The first-order chi connectivity index (χ1) is 14.8. The van der Waals surface area contributed by atoms with Crippen molar-refractivity contribution in [3.8, 4) is 5.75 Å². The molecule has 1 aliphatic carbocycles. The summed E-state index contributed by atoms with van der Waals surface area (Å²) in [6, 6.07) is 2.09. The van der Waals surface area contributed by atoms with Crippen LogP contribution in [0.25, 0.3) is 0 Å². The number of benzene rings is 1. The van der Waals surface area contributed by atoms with E-state index in [1.165, 1.54) is 6.20 Å². The van der Waals surface area contributed by atoms with E-state index in [1.54, 1.807) is 13.3 Å². The van der Waals surface area contributed by atoms with Crippen LogP contribution in [0.2, 0.25) is 0 Å². The molecule has 1 aliphatic heterocycles. The molecule has 2 aromatic rings. The van der Waals surface area contributed by atoms with Gasteiger partial charge in [0.15, 0.2) is 17.4 Å². The number of ether oxygens (including phenoxy) is 2. The van der Waals surface area contributed by atoms with Crippen molar-refractivity contribution in [3.63, 3.8) is 0 Å². The average molecular weight is 432 g/mol. The summed E-state index contributed by atoms with van der Waals surface area (Å²) in [6.45, 7) is 5.32. The third-order valence-electron chi connectivity index (χ3n) is 5.91. The zero-order valence-electron chi connectivity index (χ0n) is 17.8. The highest BCUT2D eigenvalue weighted by Crippen LogP contribution is 2.33. The lowest BCUT2D eigenvalue weighted by molar-refractivity contribution is -0.0171. The van der Waals surface area contributed by atoms with Crippen molar-refractivity contribution in [2.24, 2.45) is 5.92 Å². The molecule has 2 heterocycles. The Morgan fingerprint density at radius 3 is 2.55 bits per heavy atom. The molecule has 2 fully saturated rings. The Labute approximate surface area is 179 Å². The van der Waals surface area contributed by atoms with Crippen LogP contribution in [0.3, 0.4) is 0 Å². The maximum Gasteiger partial charge on any atom is 0.275 e. The van der Waals surface area contributed by atoms with Crippen molar-refractivity contribution in [1.29, 1.82) is 0 Å². The van der Waals surface area contributed by atoms with E-state index in [1.807, 2.05) is 11.8 Å². The van der Waals surface area contributed by atoms with Crippen LogP contribution in [0.15, 0.2) is 24.5 Å². The van der Waals surface area contributed by atoms with Crippen molar-refractivity contribution in [1.82, 2.24) is 9.97 Å². The summed E-state index contributed by atoms with van der Waals surface area (Å²) in [7, 11) is 1.65. The monoisotopic (exact) mass is 432 g/mol. The Morgan fingerprint density at radius 1 is 1.23 bits per heavy atom. The number of nitrogens with zero attached hydrogens (tertiary/aromatic N) is 3. The molecule has 2 aliphatic rings. The number of rotatable bonds is 6. The minimum atomic E-state index is -0.853. The van der Waals surface area contributed by atoms with Gasteiger partial charge in [-0.1, -0.05) is 6.92 Å². The zero-order valence-corrected chi connectivity index (χ0v) is 17.8. The number of hydrogen-bond donors (Lipinski definition) is 1. The Balaban J connectivity index is 1.43. The molecule has 1 N–H and O–H groups in total. The molecule has 4 rings (SSSR count). The summed E-state index contributed by atoms with van der Waals surface area (Å²) < 4.78 is 39.9. The summed E-state index contributed by atoms with van der Waals surface area (Å²) in [5, 5.41) is 2.48. The van der Waals surface area contributed by atoms with Crippen LogP contribution in [0.4, 0.5) is 20.3 Å². The molecule has 2 atom stereocenters. The fourth-order valence-electron chi connectivity index (χ4n) is 4.04. The Hall–Kier alpha value is -2.81. The van der Waals surface area contributed by atoms with Gasteiger partial charge in [0.1, 0.15) is 11.5 Å². The first kappa shape index (κ1) is 21.4. The third kappa shape index (κ3) is 4.61. The zero-order chi connectivity index (χ0) is 22.2. The van der Waals surface area contributed by atoms with E-state index in [0.29, 0.717) is 24.8 Å². The highest BCUT2D eigenvalue weighted by Gasteiger charge is 2.39. The minimum absolute atomic E-state index is 0.0183. The van der Waals surface area contributed by atoms with Gasteiger partial charge in [-0.25, -0.2) is 13.8 Å². The first-order valence-corrected chi connectivity index (χ1v) is 10.4. The van der Waals surface area contributed by atoms with Crippen molar-refractivity contribution in [2.75, 3.05) is 30.4 Å². The number of hydrogen-bond acceptors (Lipinski definition) is 6. The number of anilines is 2. The number of halogens is 2. The van der Waals surface area contributed by atoms with Crippen molar-refractivity contribution >= 4 is 17.4 Å². The van der Waals surface area contributed by atoms with Gasteiger partial charge < -0.3 is 19.7 Å². The smallest absolute Gasteiger partial charge is 0.275 e. The van der Waals surface area contributed by atoms with Gasteiger partial charge in [-0.2, -0.15) is 0 Å². The molecule has 0 radical (unpaired) electrons. The highest BCUT2D eigenvalue weighted by molar-refractivity contribution is 6.02. The van der Waals surface area contributed by atoms with Gasteiger partial charge in [-0.05, 0) is 32.1 Å². The fourth-order valence-corrected chi connectivity index (χ4v) is 4.04. The van der Waals surface area contributed by atoms with Gasteiger partial charge in [-0.3, -0.25) is 9.78 Å². The van der Waals surface area contributed by atoms with Crippen LogP contribution in [-0.2, 0) is 4.74 Å². The molecule has 1 aromatic heterocycles. The van der Waals surface area contributed by atoms with E-state index < -0.39 is 23.3 Å². The molecule has 0 bridgehead atoms. The summed E-state index contributed by atoms with van der Waals surface area (Å²) >= 11 is 0. The van der Waals surface area contributed by atoms with Gasteiger partial charge in [0.2, 0.25) is 0 Å². The molecule has 9 heteroatoms. The number of carbonyl (C=O) groups excluding carboxylic acids is 1. The number of nitrogens with one attached hydrogen (secondary N) is 1. The van der Waals surface area contributed by atoms with E-state index in [9.17, 15) is 13.6 Å². The average Bonchev–Trinajstić information content (AvgIpc) is 3.13. The highest BCUT2D eigenvalue weighted by atomic mass is 19.1. The standard InChI is InChI=1S/C22H26F2N4O3/c1-13-4-5-15(6-13)31-20-16(23)7-14(8-17(20)24)26-21(29)18-9-25-10-19(27-18)28-11-22(2,12-28)30-3/h7-10,13,15H,4-6,11-12H2,1-3H3,(H,26,29). The molecule has 1 saturated heterocycles. The molecule has 31 heavy (non-hydrogen) atoms. The molecule has 166 valence electrons. The number of amides is 1. The normalized spacial score (nSPS) is 22.2. The SMILES string of the molecule is COC1(C)CN(c2cncc(C(=O)Nc3cc(F)c(OC4CCC(C)C4)c(F)c3)n2)C1. The second kappa shape index (κ2) is 8.37. The largest absolute Gasteiger partial charge is 0.484 e. The van der Waals surface area contributed by atoms with E-state index in [2.05, 4.69) is 22.2 Å². The number of carbonyl (C=O) groups is 1.